The predicted octanol–water partition coefficient (Wildman–Crippen LogP) is 3.09. The van der Waals surface area contributed by atoms with Crippen LogP contribution < -0.4 is 5.73 Å². The fourth-order valence-corrected chi connectivity index (χ4v) is 2.61. The second-order valence-corrected chi connectivity index (χ2v) is 4.92. The molecule has 0 amide bonds. The molecule has 4 heteroatoms. The number of aryl methyl sites for hydroxylation is 1. The molecule has 0 spiro atoms. The highest BCUT2D eigenvalue weighted by Gasteiger charge is 2.13. The van der Waals surface area contributed by atoms with Gasteiger partial charge in [0, 0.05) is 18.5 Å². The third kappa shape index (κ3) is 2.23. The standard InChI is InChI=1S/C16H19N3O/c1-2-8-19-14-6-4-3-5-13(14)18-16(19)10-12-7-9-20-15(12)11-17/h3-7,9H,2,8,10-11,17H2,1H3. The third-order valence-corrected chi connectivity index (χ3v) is 3.55. The third-order valence-electron chi connectivity index (χ3n) is 3.55. The number of hydrogen-bond donors (Lipinski definition) is 1. The summed E-state index contributed by atoms with van der Waals surface area (Å²) >= 11 is 0. The Morgan fingerprint density at radius 3 is 2.90 bits per heavy atom. The van der Waals surface area contributed by atoms with E-state index in [1.54, 1.807) is 6.26 Å². The first-order valence-corrected chi connectivity index (χ1v) is 7.03. The molecule has 104 valence electrons. The molecule has 2 N–H and O–H groups in total. The Bertz CT molecular complexity index is 711. The molecule has 0 saturated heterocycles. The molecular weight excluding hydrogens is 250 g/mol. The summed E-state index contributed by atoms with van der Waals surface area (Å²) in [5.41, 5.74) is 9.07. The van der Waals surface area contributed by atoms with Gasteiger partial charge in [-0.05, 0) is 24.6 Å². The summed E-state index contributed by atoms with van der Waals surface area (Å²) < 4.78 is 7.69. The molecule has 4 nitrogen and oxygen atoms in total. The molecule has 3 rings (SSSR count). The van der Waals surface area contributed by atoms with Crippen molar-refractivity contribution >= 4 is 11.0 Å². The van der Waals surface area contributed by atoms with Gasteiger partial charge >= 0.3 is 0 Å². The molecule has 0 aliphatic rings. The van der Waals surface area contributed by atoms with Crippen LogP contribution in [0.1, 0.15) is 30.5 Å². The number of imidazole rings is 1. The highest BCUT2D eigenvalue weighted by molar-refractivity contribution is 5.76. The minimum atomic E-state index is 0.427. The molecule has 0 atom stereocenters. The number of fused-ring (bicyclic) bond motifs is 1. The number of aromatic nitrogens is 2. The van der Waals surface area contributed by atoms with Crippen molar-refractivity contribution in [2.75, 3.05) is 0 Å². The lowest BCUT2D eigenvalue weighted by molar-refractivity contribution is 0.507. The lowest BCUT2D eigenvalue weighted by Crippen LogP contribution is -2.06. The van der Waals surface area contributed by atoms with Crippen molar-refractivity contribution in [2.45, 2.75) is 32.9 Å². The molecule has 20 heavy (non-hydrogen) atoms. The minimum Gasteiger partial charge on any atom is -0.468 e. The van der Waals surface area contributed by atoms with Gasteiger partial charge in [-0.3, -0.25) is 0 Å². The number of benzene rings is 1. The van der Waals surface area contributed by atoms with Gasteiger partial charge in [-0.25, -0.2) is 4.98 Å². The Kier molecular flexibility index (Phi) is 3.56. The molecule has 1 aromatic carbocycles. The summed E-state index contributed by atoms with van der Waals surface area (Å²) in [6.07, 6.45) is 3.55. The normalized spacial score (nSPS) is 11.3. The summed E-state index contributed by atoms with van der Waals surface area (Å²) in [7, 11) is 0. The second kappa shape index (κ2) is 5.51. The van der Waals surface area contributed by atoms with Crippen LogP contribution >= 0.6 is 0 Å². The van der Waals surface area contributed by atoms with Crippen molar-refractivity contribution in [3.8, 4) is 0 Å². The van der Waals surface area contributed by atoms with Crippen molar-refractivity contribution in [1.29, 1.82) is 0 Å². The van der Waals surface area contributed by atoms with E-state index in [0.29, 0.717) is 6.54 Å². The van der Waals surface area contributed by atoms with Crippen LogP contribution in [-0.4, -0.2) is 9.55 Å². The Morgan fingerprint density at radius 1 is 1.25 bits per heavy atom. The van der Waals surface area contributed by atoms with Gasteiger partial charge in [0.15, 0.2) is 0 Å². The van der Waals surface area contributed by atoms with Gasteiger partial charge in [0.05, 0.1) is 23.8 Å². The predicted molar refractivity (Wildman–Crippen MR) is 79.4 cm³/mol. The first-order chi connectivity index (χ1) is 9.83. The largest absolute Gasteiger partial charge is 0.468 e. The van der Waals surface area contributed by atoms with Gasteiger partial charge in [0.2, 0.25) is 0 Å². The highest BCUT2D eigenvalue weighted by atomic mass is 16.3. The molecule has 0 saturated carbocycles. The van der Waals surface area contributed by atoms with Crippen LogP contribution in [0.5, 0.6) is 0 Å². The fraction of sp³-hybridized carbons (Fsp3) is 0.312. The maximum Gasteiger partial charge on any atom is 0.120 e. The van der Waals surface area contributed by atoms with Crippen molar-refractivity contribution in [2.24, 2.45) is 5.73 Å². The van der Waals surface area contributed by atoms with E-state index >= 15 is 0 Å². The molecule has 2 heterocycles. The summed E-state index contributed by atoms with van der Waals surface area (Å²) in [6, 6.07) is 10.3. The van der Waals surface area contributed by atoms with E-state index in [4.69, 9.17) is 15.1 Å². The molecule has 3 aromatic rings. The first-order valence-electron chi connectivity index (χ1n) is 7.03. The van der Waals surface area contributed by atoms with E-state index in [2.05, 4.69) is 29.7 Å². The highest BCUT2D eigenvalue weighted by Crippen LogP contribution is 2.21. The molecule has 0 radical (unpaired) electrons. The van der Waals surface area contributed by atoms with Crippen molar-refractivity contribution in [3.63, 3.8) is 0 Å². The van der Waals surface area contributed by atoms with Gasteiger partial charge in [-0.2, -0.15) is 0 Å². The smallest absolute Gasteiger partial charge is 0.120 e. The van der Waals surface area contributed by atoms with Gasteiger partial charge in [0.25, 0.3) is 0 Å². The average Bonchev–Trinajstić information content (AvgIpc) is 3.05. The number of hydrogen-bond acceptors (Lipinski definition) is 3. The van der Waals surface area contributed by atoms with E-state index in [9.17, 15) is 0 Å². The van der Waals surface area contributed by atoms with Crippen LogP contribution in [0, 0.1) is 0 Å². The van der Waals surface area contributed by atoms with Crippen molar-refractivity contribution in [1.82, 2.24) is 9.55 Å². The van der Waals surface area contributed by atoms with Gasteiger partial charge in [0.1, 0.15) is 11.6 Å². The van der Waals surface area contributed by atoms with E-state index in [-0.39, 0.29) is 0 Å². The van der Waals surface area contributed by atoms with E-state index < -0.39 is 0 Å². The zero-order valence-electron chi connectivity index (χ0n) is 11.7. The zero-order valence-corrected chi connectivity index (χ0v) is 11.7. The first kappa shape index (κ1) is 12.9. The lowest BCUT2D eigenvalue weighted by atomic mass is 10.1. The summed E-state index contributed by atoms with van der Waals surface area (Å²) in [5, 5.41) is 0. The van der Waals surface area contributed by atoms with Crippen LogP contribution in [0.25, 0.3) is 11.0 Å². The van der Waals surface area contributed by atoms with Crippen LogP contribution in [0.3, 0.4) is 0 Å². The zero-order chi connectivity index (χ0) is 13.9. The van der Waals surface area contributed by atoms with E-state index in [1.165, 1.54) is 5.52 Å². The lowest BCUT2D eigenvalue weighted by Gasteiger charge is -2.07. The molecule has 0 unspecified atom stereocenters. The topological polar surface area (TPSA) is 57.0 Å². The van der Waals surface area contributed by atoms with Crippen LogP contribution in [0.4, 0.5) is 0 Å². The van der Waals surface area contributed by atoms with Crippen molar-refractivity contribution < 1.29 is 4.42 Å². The molecule has 0 aliphatic heterocycles. The summed E-state index contributed by atoms with van der Waals surface area (Å²) in [5.74, 6) is 1.92. The number of para-hydroxylation sites is 2. The SMILES string of the molecule is CCCn1c(Cc2ccoc2CN)nc2ccccc21. The minimum absolute atomic E-state index is 0.427. The molecule has 0 aliphatic carbocycles. The molecule has 2 aromatic heterocycles. The Morgan fingerprint density at radius 2 is 2.10 bits per heavy atom. The number of nitrogens with zero attached hydrogens (tertiary/aromatic N) is 2. The van der Waals surface area contributed by atoms with Crippen LogP contribution in [0.15, 0.2) is 41.0 Å². The Balaban J connectivity index is 2.04. The quantitative estimate of drug-likeness (QED) is 0.774. The summed E-state index contributed by atoms with van der Waals surface area (Å²) in [4.78, 5) is 4.76. The van der Waals surface area contributed by atoms with Crippen molar-refractivity contribution in [3.05, 3.63) is 53.7 Å². The van der Waals surface area contributed by atoms with Crippen LogP contribution in [0.2, 0.25) is 0 Å². The Labute approximate surface area is 118 Å². The maximum atomic E-state index is 5.70. The number of rotatable bonds is 5. The number of nitrogens with two attached hydrogens (primary N) is 1. The Hall–Kier alpha value is -2.07. The van der Waals surface area contributed by atoms with Gasteiger partial charge < -0.3 is 14.7 Å². The number of furan rings is 1. The van der Waals surface area contributed by atoms with Gasteiger partial charge in [-0.15, -0.1) is 0 Å². The molecular formula is C16H19N3O. The average molecular weight is 269 g/mol. The van der Waals surface area contributed by atoms with E-state index in [1.807, 2.05) is 12.1 Å². The summed E-state index contributed by atoms with van der Waals surface area (Å²) in [6.45, 7) is 3.59. The second-order valence-electron chi connectivity index (χ2n) is 4.92. The van der Waals surface area contributed by atoms with Gasteiger partial charge in [-0.1, -0.05) is 19.1 Å². The molecule has 0 fully saturated rings. The maximum absolute atomic E-state index is 5.70. The van der Waals surface area contributed by atoms with Crippen LogP contribution in [-0.2, 0) is 19.5 Å². The fourth-order valence-electron chi connectivity index (χ4n) is 2.61. The van der Waals surface area contributed by atoms with E-state index in [0.717, 1.165) is 42.1 Å². The monoisotopic (exact) mass is 269 g/mol. The molecule has 0 bridgehead atoms.